The van der Waals surface area contributed by atoms with Crippen molar-refractivity contribution in [1.82, 2.24) is 9.88 Å². The van der Waals surface area contributed by atoms with E-state index in [4.69, 9.17) is 4.74 Å². The van der Waals surface area contributed by atoms with Crippen molar-refractivity contribution in [3.63, 3.8) is 0 Å². The van der Waals surface area contributed by atoms with Gasteiger partial charge in [-0.3, -0.25) is 9.78 Å². The van der Waals surface area contributed by atoms with Crippen molar-refractivity contribution in [3.8, 4) is 5.75 Å². The van der Waals surface area contributed by atoms with Gasteiger partial charge in [-0.2, -0.15) is 11.3 Å². The second-order valence-electron chi connectivity index (χ2n) is 4.86. The maximum absolute atomic E-state index is 12.2. The van der Waals surface area contributed by atoms with Gasteiger partial charge in [-0.05, 0) is 34.5 Å². The van der Waals surface area contributed by atoms with E-state index in [2.05, 4.69) is 4.98 Å². The molecule has 1 unspecified atom stereocenters. The predicted octanol–water partition coefficient (Wildman–Crippen LogP) is 2.37. The van der Waals surface area contributed by atoms with Crippen molar-refractivity contribution in [2.45, 2.75) is 18.9 Å². The van der Waals surface area contributed by atoms with Crippen LogP contribution in [0.3, 0.4) is 0 Å². The molecule has 5 heteroatoms. The van der Waals surface area contributed by atoms with Gasteiger partial charge in [-0.25, -0.2) is 0 Å². The number of thiophene rings is 1. The lowest BCUT2D eigenvalue weighted by Gasteiger charge is -2.17. The van der Waals surface area contributed by atoms with Gasteiger partial charge >= 0.3 is 0 Å². The number of ether oxygens (including phenoxy) is 1. The predicted molar refractivity (Wildman–Crippen MR) is 77.9 cm³/mol. The van der Waals surface area contributed by atoms with Crippen LogP contribution in [-0.4, -0.2) is 35.0 Å². The fourth-order valence-electron chi connectivity index (χ4n) is 2.34. The van der Waals surface area contributed by atoms with Crippen molar-refractivity contribution < 1.29 is 9.53 Å². The van der Waals surface area contributed by atoms with E-state index < -0.39 is 0 Å². The first-order valence-electron chi connectivity index (χ1n) is 6.67. The van der Waals surface area contributed by atoms with Gasteiger partial charge in [-0.1, -0.05) is 0 Å². The van der Waals surface area contributed by atoms with E-state index in [0.29, 0.717) is 13.0 Å². The normalized spacial score (nSPS) is 18.2. The van der Waals surface area contributed by atoms with Crippen LogP contribution in [0.4, 0.5) is 0 Å². The van der Waals surface area contributed by atoms with Crippen molar-refractivity contribution in [2.24, 2.45) is 0 Å². The van der Waals surface area contributed by atoms with Gasteiger partial charge in [-0.15, -0.1) is 0 Å². The molecule has 0 saturated carbocycles. The first kappa shape index (κ1) is 13.1. The van der Waals surface area contributed by atoms with Gasteiger partial charge in [0.25, 0.3) is 0 Å². The van der Waals surface area contributed by atoms with E-state index in [0.717, 1.165) is 24.3 Å². The van der Waals surface area contributed by atoms with Gasteiger partial charge in [0.1, 0.15) is 11.9 Å². The Balaban J connectivity index is 1.53. The van der Waals surface area contributed by atoms with Crippen LogP contribution in [0.1, 0.15) is 12.0 Å². The number of likely N-dealkylation sites (tertiary alicyclic amines) is 1. The van der Waals surface area contributed by atoms with Crippen molar-refractivity contribution in [2.75, 3.05) is 13.1 Å². The Kier molecular flexibility index (Phi) is 3.97. The van der Waals surface area contributed by atoms with Crippen LogP contribution in [0.15, 0.2) is 41.4 Å². The third-order valence-electron chi connectivity index (χ3n) is 3.39. The lowest BCUT2D eigenvalue weighted by molar-refractivity contribution is -0.129. The molecule has 1 atom stereocenters. The monoisotopic (exact) mass is 288 g/mol. The molecule has 2 aromatic rings. The Morgan fingerprint density at radius 3 is 3.00 bits per heavy atom. The Bertz CT molecular complexity index is 557. The smallest absolute Gasteiger partial charge is 0.227 e. The fraction of sp³-hybridized carbons (Fsp3) is 0.333. The van der Waals surface area contributed by atoms with E-state index in [1.165, 1.54) is 0 Å². The standard InChI is InChI=1S/C15H16N2O2S/c18-15(9-12-4-8-20-11-12)17-7-3-14(10-17)19-13-1-5-16-6-2-13/h1-2,4-6,8,11,14H,3,7,9-10H2. The number of hydrogen-bond donors (Lipinski definition) is 0. The summed E-state index contributed by atoms with van der Waals surface area (Å²) in [4.78, 5) is 18.0. The molecule has 2 aromatic heterocycles. The highest BCUT2D eigenvalue weighted by atomic mass is 32.1. The molecular weight excluding hydrogens is 272 g/mol. The minimum atomic E-state index is 0.0869. The molecule has 1 aliphatic heterocycles. The zero-order chi connectivity index (χ0) is 13.8. The van der Waals surface area contributed by atoms with Crippen LogP contribution < -0.4 is 4.74 Å². The highest BCUT2D eigenvalue weighted by Gasteiger charge is 2.27. The summed E-state index contributed by atoms with van der Waals surface area (Å²) in [7, 11) is 0. The number of pyridine rings is 1. The highest BCUT2D eigenvalue weighted by Crippen LogP contribution is 2.18. The minimum absolute atomic E-state index is 0.0869. The van der Waals surface area contributed by atoms with Crippen LogP contribution >= 0.6 is 11.3 Å². The summed E-state index contributed by atoms with van der Waals surface area (Å²) in [6.45, 7) is 1.45. The number of amides is 1. The lowest BCUT2D eigenvalue weighted by Crippen LogP contribution is -2.32. The number of nitrogens with zero attached hydrogens (tertiary/aromatic N) is 2. The largest absolute Gasteiger partial charge is 0.488 e. The molecule has 1 saturated heterocycles. The summed E-state index contributed by atoms with van der Waals surface area (Å²) in [5.74, 6) is 1.00. The number of rotatable bonds is 4. The van der Waals surface area contributed by atoms with Crippen molar-refractivity contribution in [1.29, 1.82) is 0 Å². The zero-order valence-electron chi connectivity index (χ0n) is 11.1. The molecule has 20 heavy (non-hydrogen) atoms. The third kappa shape index (κ3) is 3.17. The average Bonchev–Trinajstić information content (AvgIpc) is 3.11. The van der Waals surface area contributed by atoms with Gasteiger partial charge in [0.2, 0.25) is 5.91 Å². The van der Waals surface area contributed by atoms with E-state index in [-0.39, 0.29) is 12.0 Å². The van der Waals surface area contributed by atoms with Crippen molar-refractivity contribution >= 4 is 17.2 Å². The maximum Gasteiger partial charge on any atom is 0.227 e. The molecule has 0 N–H and O–H groups in total. The Hall–Kier alpha value is -1.88. The quantitative estimate of drug-likeness (QED) is 0.867. The Morgan fingerprint density at radius 1 is 1.40 bits per heavy atom. The molecule has 0 spiro atoms. The van der Waals surface area contributed by atoms with Crippen LogP contribution in [0.2, 0.25) is 0 Å². The summed E-state index contributed by atoms with van der Waals surface area (Å²) in [5.41, 5.74) is 1.10. The van der Waals surface area contributed by atoms with E-state index in [1.807, 2.05) is 33.9 Å². The molecule has 0 aliphatic carbocycles. The minimum Gasteiger partial charge on any atom is -0.488 e. The molecular formula is C15H16N2O2S. The summed E-state index contributed by atoms with van der Waals surface area (Å²) >= 11 is 1.63. The molecule has 104 valence electrons. The zero-order valence-corrected chi connectivity index (χ0v) is 11.9. The number of carbonyl (C=O) groups excluding carboxylic acids is 1. The van der Waals surface area contributed by atoms with Gasteiger partial charge in [0, 0.05) is 25.4 Å². The van der Waals surface area contributed by atoms with Crippen LogP contribution in [0.25, 0.3) is 0 Å². The number of hydrogen-bond acceptors (Lipinski definition) is 4. The summed E-state index contributed by atoms with van der Waals surface area (Å²) < 4.78 is 5.86. The maximum atomic E-state index is 12.2. The van der Waals surface area contributed by atoms with Crippen LogP contribution in [0, 0.1) is 0 Å². The van der Waals surface area contributed by atoms with E-state index >= 15 is 0 Å². The van der Waals surface area contributed by atoms with Gasteiger partial charge in [0.15, 0.2) is 0 Å². The molecule has 4 nitrogen and oxygen atoms in total. The molecule has 1 amide bonds. The summed E-state index contributed by atoms with van der Waals surface area (Å²) in [6.07, 6.45) is 4.89. The summed E-state index contributed by atoms with van der Waals surface area (Å²) in [5, 5.41) is 4.03. The first-order chi connectivity index (χ1) is 9.81. The average molecular weight is 288 g/mol. The van der Waals surface area contributed by atoms with Gasteiger partial charge < -0.3 is 9.64 Å². The molecule has 1 aliphatic rings. The second-order valence-corrected chi connectivity index (χ2v) is 5.64. The molecule has 3 rings (SSSR count). The number of aromatic nitrogens is 1. The molecule has 0 aromatic carbocycles. The molecule has 1 fully saturated rings. The van der Waals surface area contributed by atoms with E-state index in [1.54, 1.807) is 23.7 Å². The molecule has 0 bridgehead atoms. The molecule has 0 radical (unpaired) electrons. The fourth-order valence-corrected chi connectivity index (χ4v) is 3.01. The SMILES string of the molecule is O=C(Cc1ccsc1)N1CCC(Oc2ccncc2)C1. The van der Waals surface area contributed by atoms with Crippen LogP contribution in [-0.2, 0) is 11.2 Å². The van der Waals surface area contributed by atoms with Crippen LogP contribution in [0.5, 0.6) is 5.75 Å². The molecule has 3 heterocycles. The Morgan fingerprint density at radius 2 is 2.25 bits per heavy atom. The number of carbonyl (C=O) groups is 1. The lowest BCUT2D eigenvalue weighted by atomic mass is 10.2. The second kappa shape index (κ2) is 6.05. The topological polar surface area (TPSA) is 42.4 Å². The van der Waals surface area contributed by atoms with E-state index in [9.17, 15) is 4.79 Å². The van der Waals surface area contributed by atoms with Crippen molar-refractivity contribution in [3.05, 3.63) is 46.9 Å². The van der Waals surface area contributed by atoms with Gasteiger partial charge in [0.05, 0.1) is 13.0 Å². The Labute approximate surface area is 122 Å². The summed E-state index contributed by atoms with van der Waals surface area (Å²) in [6, 6.07) is 5.69. The highest BCUT2D eigenvalue weighted by molar-refractivity contribution is 7.07. The third-order valence-corrected chi connectivity index (χ3v) is 4.12. The first-order valence-corrected chi connectivity index (χ1v) is 7.61.